The van der Waals surface area contributed by atoms with E-state index in [0.29, 0.717) is 0 Å². The first-order valence-electron chi connectivity index (χ1n) is 2.47. The van der Waals surface area contributed by atoms with E-state index in [2.05, 4.69) is 0 Å². The third kappa shape index (κ3) is 2.72. The molecule has 0 spiro atoms. The van der Waals surface area contributed by atoms with E-state index < -0.39 is 0 Å². The molecule has 0 aromatic rings. The van der Waals surface area contributed by atoms with E-state index in [1.807, 2.05) is 18.5 Å². The summed E-state index contributed by atoms with van der Waals surface area (Å²) in [5, 5.41) is 0. The first kappa shape index (κ1) is 7.06. The lowest BCUT2D eigenvalue weighted by Crippen LogP contribution is -2.08. The minimum absolute atomic E-state index is 0.268. The summed E-state index contributed by atoms with van der Waals surface area (Å²) in [6.07, 6.45) is 0. The Balaban J connectivity index is 3.16. The van der Waals surface area contributed by atoms with Crippen molar-refractivity contribution in [2.24, 2.45) is 0 Å². The minimum atomic E-state index is -0.268. The smallest absolute Gasteiger partial charge is 0.134 e. The van der Waals surface area contributed by atoms with Gasteiger partial charge in [0.25, 0.3) is 0 Å². The fourth-order valence-electron chi connectivity index (χ4n) is 0.353. The zero-order chi connectivity index (χ0) is 5.70. The number of rotatable bonds is 3. The quantitative estimate of drug-likeness (QED) is 0.522. The maximum Gasteiger partial charge on any atom is 0.134 e. The lowest BCUT2D eigenvalue weighted by atomic mass is 10.7. The van der Waals surface area contributed by atoms with E-state index >= 15 is 0 Å². The lowest BCUT2D eigenvalue weighted by molar-refractivity contribution is 0.475. The van der Waals surface area contributed by atoms with E-state index in [4.69, 9.17) is 0 Å². The van der Waals surface area contributed by atoms with Gasteiger partial charge in [0.05, 0.1) is 0 Å². The summed E-state index contributed by atoms with van der Waals surface area (Å²) in [5.74, 6) is 0. The van der Waals surface area contributed by atoms with Gasteiger partial charge >= 0.3 is 0 Å². The molecule has 1 radical (unpaired) electrons. The van der Waals surface area contributed by atoms with Crippen LogP contribution in [-0.4, -0.2) is 17.8 Å². The van der Waals surface area contributed by atoms with Gasteiger partial charge in [0.15, 0.2) is 0 Å². The lowest BCUT2D eigenvalue weighted by Gasteiger charge is -2.05. The van der Waals surface area contributed by atoms with E-state index in [-0.39, 0.29) is 8.61 Å². The van der Waals surface area contributed by atoms with E-state index in [9.17, 15) is 4.57 Å². The Bertz CT molecular complexity index is 53.7. The topological polar surface area (TPSA) is 20.3 Å². The van der Waals surface area contributed by atoms with Crippen molar-refractivity contribution in [1.82, 2.24) is 4.67 Å². The monoisotopic (exact) mass is 120 g/mol. The predicted octanol–water partition coefficient (Wildman–Crippen LogP) is 1.27. The molecule has 0 N–H and O–H groups in total. The molecular formula is C4H11NOP. The summed E-state index contributed by atoms with van der Waals surface area (Å²) >= 11 is 0. The Kier molecular flexibility index (Phi) is 4.26. The van der Waals surface area contributed by atoms with Crippen LogP contribution in [0.25, 0.3) is 0 Å². The summed E-state index contributed by atoms with van der Waals surface area (Å²) < 4.78 is 11.9. The summed E-state index contributed by atoms with van der Waals surface area (Å²) in [7, 11) is -0.268. The Labute approximate surface area is 45.8 Å². The van der Waals surface area contributed by atoms with E-state index in [0.717, 1.165) is 13.1 Å². The molecule has 0 aliphatic carbocycles. The third-order valence-electron chi connectivity index (χ3n) is 0.893. The van der Waals surface area contributed by atoms with Crippen molar-refractivity contribution in [1.29, 1.82) is 0 Å². The molecule has 0 saturated carbocycles. The molecule has 1 unspecified atom stereocenters. The Morgan fingerprint density at radius 1 is 1.43 bits per heavy atom. The standard InChI is InChI=1S/C4H11NOP/c1-3-5(4-2)7-6/h7H,3-4H2,1-2H3. The van der Waals surface area contributed by atoms with Gasteiger partial charge in [-0.25, -0.2) is 4.67 Å². The van der Waals surface area contributed by atoms with Crippen molar-refractivity contribution >= 4 is 8.61 Å². The second-order valence-corrected chi connectivity index (χ2v) is 2.08. The molecule has 3 heteroatoms. The molecule has 7 heavy (non-hydrogen) atoms. The fourth-order valence-corrected chi connectivity index (χ4v) is 0.611. The first-order valence-corrected chi connectivity index (χ1v) is 3.33. The molecule has 0 aliphatic heterocycles. The zero-order valence-corrected chi connectivity index (χ0v) is 5.77. The van der Waals surface area contributed by atoms with Crippen LogP contribution < -0.4 is 0 Å². The van der Waals surface area contributed by atoms with Gasteiger partial charge in [0, 0.05) is 13.1 Å². The number of nitrogens with zero attached hydrogens (tertiary/aromatic N) is 1. The third-order valence-corrected chi connectivity index (χ3v) is 1.78. The van der Waals surface area contributed by atoms with Gasteiger partial charge < -0.3 is 0 Å². The SMILES string of the molecule is CCN(CC)[PH]=O. The molecular weight excluding hydrogens is 109 g/mol. The molecule has 0 amide bonds. The van der Waals surface area contributed by atoms with Crippen LogP contribution in [0.4, 0.5) is 0 Å². The normalized spacial score (nSPS) is 10.7. The van der Waals surface area contributed by atoms with Crippen molar-refractivity contribution in [3.8, 4) is 0 Å². The largest absolute Gasteiger partial charge is 0.273 e. The summed E-state index contributed by atoms with van der Waals surface area (Å²) in [6, 6.07) is 0. The second-order valence-electron chi connectivity index (χ2n) is 1.26. The molecule has 0 aliphatic rings. The van der Waals surface area contributed by atoms with Crippen molar-refractivity contribution < 1.29 is 4.57 Å². The summed E-state index contributed by atoms with van der Waals surface area (Å²) in [6.45, 7) is 5.76. The van der Waals surface area contributed by atoms with E-state index in [1.54, 1.807) is 0 Å². The van der Waals surface area contributed by atoms with Crippen LogP contribution in [0.1, 0.15) is 13.8 Å². The molecule has 0 heterocycles. The van der Waals surface area contributed by atoms with Gasteiger partial charge in [-0.2, -0.15) is 0 Å². The minimum Gasteiger partial charge on any atom is -0.273 e. The van der Waals surface area contributed by atoms with Crippen LogP contribution in [0.5, 0.6) is 0 Å². The molecule has 0 saturated heterocycles. The van der Waals surface area contributed by atoms with Gasteiger partial charge in [0.1, 0.15) is 8.61 Å². The highest BCUT2D eigenvalue weighted by Crippen LogP contribution is 2.00. The number of hydrogen-bond acceptors (Lipinski definition) is 1. The van der Waals surface area contributed by atoms with Crippen molar-refractivity contribution in [3.63, 3.8) is 0 Å². The van der Waals surface area contributed by atoms with Gasteiger partial charge in [-0.15, -0.1) is 0 Å². The highest BCUT2D eigenvalue weighted by Gasteiger charge is 1.89. The molecule has 0 rings (SSSR count). The number of hydrogen-bond donors (Lipinski definition) is 0. The van der Waals surface area contributed by atoms with Gasteiger partial charge in [0.2, 0.25) is 0 Å². The first-order chi connectivity index (χ1) is 3.35. The van der Waals surface area contributed by atoms with Crippen molar-refractivity contribution in [2.75, 3.05) is 13.1 Å². The molecule has 2 nitrogen and oxygen atoms in total. The maximum atomic E-state index is 10.0. The molecule has 1 atom stereocenters. The molecule has 0 aromatic carbocycles. The Hall–Kier alpha value is 0.0600. The van der Waals surface area contributed by atoms with Crippen LogP contribution in [0.15, 0.2) is 0 Å². The van der Waals surface area contributed by atoms with Crippen molar-refractivity contribution in [3.05, 3.63) is 0 Å². The van der Waals surface area contributed by atoms with Crippen LogP contribution >= 0.6 is 8.61 Å². The molecule has 0 fully saturated rings. The fraction of sp³-hybridized carbons (Fsp3) is 1.00. The Morgan fingerprint density at radius 3 is 1.86 bits per heavy atom. The van der Waals surface area contributed by atoms with Gasteiger partial charge in [-0.1, -0.05) is 13.8 Å². The van der Waals surface area contributed by atoms with Gasteiger partial charge in [-0.3, -0.25) is 4.57 Å². The Morgan fingerprint density at radius 2 is 1.86 bits per heavy atom. The van der Waals surface area contributed by atoms with Crippen LogP contribution in [-0.2, 0) is 4.57 Å². The predicted molar refractivity (Wildman–Crippen MR) is 31.9 cm³/mol. The average Bonchev–Trinajstić information content (AvgIpc) is 1.72. The zero-order valence-electron chi connectivity index (χ0n) is 4.77. The molecule has 0 aromatic heterocycles. The van der Waals surface area contributed by atoms with Gasteiger partial charge in [-0.05, 0) is 0 Å². The molecule has 43 valence electrons. The summed E-state index contributed by atoms with van der Waals surface area (Å²) in [4.78, 5) is 0. The highest BCUT2D eigenvalue weighted by molar-refractivity contribution is 7.20. The van der Waals surface area contributed by atoms with Crippen LogP contribution in [0.2, 0.25) is 0 Å². The van der Waals surface area contributed by atoms with E-state index in [1.165, 1.54) is 0 Å². The van der Waals surface area contributed by atoms with Crippen LogP contribution in [0, 0.1) is 0 Å². The maximum absolute atomic E-state index is 10.0. The second kappa shape index (κ2) is 4.23. The highest BCUT2D eigenvalue weighted by atomic mass is 31.1. The average molecular weight is 120 g/mol. The van der Waals surface area contributed by atoms with Crippen LogP contribution in [0.3, 0.4) is 0 Å². The summed E-state index contributed by atoms with van der Waals surface area (Å²) in [5.41, 5.74) is 0. The van der Waals surface area contributed by atoms with Crippen molar-refractivity contribution in [2.45, 2.75) is 13.8 Å². The molecule has 0 bridgehead atoms.